The van der Waals surface area contributed by atoms with Crippen LogP contribution in [0.5, 0.6) is 5.75 Å². The lowest BCUT2D eigenvalue weighted by atomic mass is 10.2. The van der Waals surface area contributed by atoms with E-state index < -0.39 is 0 Å². The van der Waals surface area contributed by atoms with E-state index in [2.05, 4.69) is 16.0 Å². The molecule has 1 saturated carbocycles. The number of anilines is 1. The monoisotopic (exact) mass is 415 g/mol. The fourth-order valence-corrected chi connectivity index (χ4v) is 2.66. The molecule has 0 heterocycles. The first-order valence-electron chi connectivity index (χ1n) is 9.35. The van der Waals surface area contributed by atoms with Gasteiger partial charge in [0.1, 0.15) is 5.75 Å². The topological polar surface area (TPSA) is 96.5 Å². The number of hydrogen-bond acceptors (Lipinski definition) is 4. The van der Waals surface area contributed by atoms with Crippen molar-refractivity contribution in [2.75, 3.05) is 25.0 Å². The van der Waals surface area contributed by atoms with E-state index in [1.807, 2.05) is 0 Å². The summed E-state index contributed by atoms with van der Waals surface area (Å²) < 4.78 is 5.46. The molecule has 0 aromatic heterocycles. The second kappa shape index (κ2) is 9.93. The van der Waals surface area contributed by atoms with Crippen molar-refractivity contribution in [2.24, 2.45) is 5.92 Å². The largest absolute Gasteiger partial charge is 0.484 e. The molecular weight excluding hydrogens is 394 g/mol. The van der Waals surface area contributed by atoms with Gasteiger partial charge in [0.05, 0.1) is 0 Å². The molecule has 3 rings (SSSR count). The van der Waals surface area contributed by atoms with Crippen LogP contribution < -0.4 is 20.7 Å². The molecule has 8 heteroatoms. The van der Waals surface area contributed by atoms with Gasteiger partial charge in [0, 0.05) is 41.3 Å². The molecule has 0 spiro atoms. The summed E-state index contributed by atoms with van der Waals surface area (Å²) in [5.74, 6) is 0.0752. The zero-order chi connectivity index (χ0) is 20.6. The number of hydrogen-bond donors (Lipinski definition) is 3. The third-order valence-electron chi connectivity index (χ3n) is 4.26. The molecule has 0 bridgehead atoms. The molecule has 3 amide bonds. The zero-order valence-corrected chi connectivity index (χ0v) is 16.5. The molecule has 2 aromatic carbocycles. The van der Waals surface area contributed by atoms with Gasteiger partial charge in [-0.3, -0.25) is 14.4 Å². The highest BCUT2D eigenvalue weighted by Gasteiger charge is 2.29. The highest BCUT2D eigenvalue weighted by atomic mass is 35.5. The summed E-state index contributed by atoms with van der Waals surface area (Å²) in [4.78, 5) is 35.6. The number of amides is 3. The highest BCUT2D eigenvalue weighted by molar-refractivity contribution is 6.30. The molecule has 2 aromatic rings. The van der Waals surface area contributed by atoms with Gasteiger partial charge in [0.15, 0.2) is 6.61 Å². The van der Waals surface area contributed by atoms with Crippen molar-refractivity contribution >= 4 is 35.0 Å². The Bertz CT molecular complexity index is 882. The Labute approximate surface area is 173 Å². The van der Waals surface area contributed by atoms with Crippen molar-refractivity contribution in [3.63, 3.8) is 0 Å². The van der Waals surface area contributed by atoms with E-state index in [-0.39, 0.29) is 43.3 Å². The van der Waals surface area contributed by atoms with E-state index in [1.54, 1.807) is 48.5 Å². The predicted octanol–water partition coefficient (Wildman–Crippen LogP) is 2.61. The SMILES string of the molecule is O=C(COc1cccc(NC(=O)C2CC2)c1)NCCNC(=O)c1ccc(Cl)cc1. The average Bonchev–Trinajstić information content (AvgIpc) is 3.56. The van der Waals surface area contributed by atoms with Crippen molar-refractivity contribution in [3.05, 3.63) is 59.1 Å². The van der Waals surface area contributed by atoms with Crippen LogP contribution in [-0.2, 0) is 9.59 Å². The smallest absolute Gasteiger partial charge is 0.258 e. The predicted molar refractivity (Wildman–Crippen MR) is 110 cm³/mol. The maximum atomic E-state index is 11.9. The first-order chi connectivity index (χ1) is 14.0. The minimum absolute atomic E-state index is 0.0144. The van der Waals surface area contributed by atoms with E-state index in [9.17, 15) is 14.4 Å². The van der Waals surface area contributed by atoms with Crippen LogP contribution in [0.15, 0.2) is 48.5 Å². The molecule has 0 radical (unpaired) electrons. The molecule has 1 fully saturated rings. The molecule has 3 N–H and O–H groups in total. The van der Waals surface area contributed by atoms with Crippen molar-refractivity contribution in [1.29, 1.82) is 0 Å². The summed E-state index contributed by atoms with van der Waals surface area (Å²) in [6, 6.07) is 13.5. The van der Waals surface area contributed by atoms with Gasteiger partial charge in [0.2, 0.25) is 5.91 Å². The summed E-state index contributed by atoms with van der Waals surface area (Å²) in [7, 11) is 0. The Kier molecular flexibility index (Phi) is 7.08. The summed E-state index contributed by atoms with van der Waals surface area (Å²) in [6.45, 7) is 0.403. The maximum Gasteiger partial charge on any atom is 0.258 e. The van der Waals surface area contributed by atoms with E-state index >= 15 is 0 Å². The quantitative estimate of drug-likeness (QED) is 0.548. The van der Waals surface area contributed by atoms with Gasteiger partial charge in [-0.15, -0.1) is 0 Å². The third kappa shape index (κ3) is 6.80. The fraction of sp³-hybridized carbons (Fsp3) is 0.286. The average molecular weight is 416 g/mol. The van der Waals surface area contributed by atoms with Crippen LogP contribution in [-0.4, -0.2) is 37.4 Å². The normalized spacial score (nSPS) is 12.7. The lowest BCUT2D eigenvalue weighted by Gasteiger charge is -2.10. The molecule has 152 valence electrons. The lowest BCUT2D eigenvalue weighted by Crippen LogP contribution is -2.36. The van der Waals surface area contributed by atoms with Crippen LogP contribution in [0.25, 0.3) is 0 Å². The zero-order valence-electron chi connectivity index (χ0n) is 15.7. The van der Waals surface area contributed by atoms with E-state index in [1.165, 1.54) is 0 Å². The standard InChI is InChI=1S/C21H22ClN3O4/c22-16-8-6-14(7-9-16)20(27)24-11-10-23-19(26)13-29-18-3-1-2-17(12-18)25-21(28)15-4-5-15/h1-3,6-9,12,15H,4-5,10-11,13H2,(H,23,26)(H,24,27)(H,25,28). The number of carbonyl (C=O) groups is 3. The van der Waals surface area contributed by atoms with Gasteiger partial charge in [-0.05, 0) is 49.2 Å². The molecular formula is C21H22ClN3O4. The molecule has 1 aliphatic carbocycles. The Hall–Kier alpha value is -3.06. The van der Waals surface area contributed by atoms with Gasteiger partial charge in [-0.1, -0.05) is 17.7 Å². The van der Waals surface area contributed by atoms with Gasteiger partial charge >= 0.3 is 0 Å². The number of benzene rings is 2. The van der Waals surface area contributed by atoms with Crippen molar-refractivity contribution in [2.45, 2.75) is 12.8 Å². The summed E-state index contributed by atoms with van der Waals surface area (Å²) in [6.07, 6.45) is 1.87. The highest BCUT2D eigenvalue weighted by Crippen LogP contribution is 2.30. The third-order valence-corrected chi connectivity index (χ3v) is 4.51. The van der Waals surface area contributed by atoms with Crippen LogP contribution in [0.2, 0.25) is 5.02 Å². The minimum Gasteiger partial charge on any atom is -0.484 e. The summed E-state index contributed by atoms with van der Waals surface area (Å²) >= 11 is 5.79. The molecule has 0 unspecified atom stereocenters. The second-order valence-corrected chi connectivity index (χ2v) is 7.13. The van der Waals surface area contributed by atoms with Crippen LogP contribution in [0.1, 0.15) is 23.2 Å². The Morgan fingerprint density at radius 1 is 1.00 bits per heavy atom. The molecule has 1 aliphatic rings. The number of carbonyl (C=O) groups excluding carboxylic acids is 3. The van der Waals surface area contributed by atoms with Crippen molar-refractivity contribution in [3.8, 4) is 5.75 Å². The lowest BCUT2D eigenvalue weighted by molar-refractivity contribution is -0.123. The summed E-state index contributed by atoms with van der Waals surface area (Å²) in [5.41, 5.74) is 1.14. The van der Waals surface area contributed by atoms with E-state index in [0.29, 0.717) is 22.0 Å². The van der Waals surface area contributed by atoms with E-state index in [0.717, 1.165) is 12.8 Å². The second-order valence-electron chi connectivity index (χ2n) is 6.69. The van der Waals surface area contributed by atoms with Crippen LogP contribution in [0.3, 0.4) is 0 Å². The molecule has 0 saturated heterocycles. The van der Waals surface area contributed by atoms with Gasteiger partial charge < -0.3 is 20.7 Å². The molecule has 0 atom stereocenters. The van der Waals surface area contributed by atoms with Gasteiger partial charge in [-0.25, -0.2) is 0 Å². The Morgan fingerprint density at radius 2 is 1.72 bits per heavy atom. The van der Waals surface area contributed by atoms with Crippen LogP contribution in [0.4, 0.5) is 5.69 Å². The van der Waals surface area contributed by atoms with Gasteiger partial charge in [-0.2, -0.15) is 0 Å². The van der Waals surface area contributed by atoms with Crippen LogP contribution in [0, 0.1) is 5.92 Å². The molecule has 7 nitrogen and oxygen atoms in total. The number of halogens is 1. The Balaban J connectivity index is 1.34. The molecule has 29 heavy (non-hydrogen) atoms. The fourth-order valence-electron chi connectivity index (χ4n) is 2.53. The maximum absolute atomic E-state index is 11.9. The van der Waals surface area contributed by atoms with E-state index in [4.69, 9.17) is 16.3 Å². The number of nitrogens with one attached hydrogen (secondary N) is 3. The Morgan fingerprint density at radius 3 is 2.45 bits per heavy atom. The molecule has 0 aliphatic heterocycles. The van der Waals surface area contributed by atoms with Crippen molar-refractivity contribution < 1.29 is 19.1 Å². The minimum atomic E-state index is -0.307. The summed E-state index contributed by atoms with van der Waals surface area (Å²) in [5, 5.41) is 8.77. The first-order valence-corrected chi connectivity index (χ1v) is 9.73. The number of rotatable bonds is 9. The van der Waals surface area contributed by atoms with Crippen molar-refractivity contribution in [1.82, 2.24) is 10.6 Å². The first kappa shape index (κ1) is 20.7. The van der Waals surface area contributed by atoms with Gasteiger partial charge in [0.25, 0.3) is 11.8 Å². The number of ether oxygens (including phenoxy) is 1. The van der Waals surface area contributed by atoms with Crippen LogP contribution >= 0.6 is 11.6 Å².